The number of benzene rings is 1. The van der Waals surface area contributed by atoms with E-state index in [-0.39, 0.29) is 23.0 Å². The Balaban J connectivity index is 1.72. The van der Waals surface area contributed by atoms with Gasteiger partial charge in [-0.3, -0.25) is 4.79 Å². The fourth-order valence-corrected chi connectivity index (χ4v) is 5.81. The monoisotopic (exact) mass is 525 g/mol. The summed E-state index contributed by atoms with van der Waals surface area (Å²) < 4.78 is 11.7. The predicted octanol–water partition coefficient (Wildman–Crippen LogP) is 6.43. The molecule has 2 heterocycles. The van der Waals surface area contributed by atoms with E-state index < -0.39 is 8.32 Å². The van der Waals surface area contributed by atoms with Crippen LogP contribution in [0.3, 0.4) is 0 Å². The molecule has 1 saturated heterocycles. The van der Waals surface area contributed by atoms with Crippen LogP contribution in [-0.2, 0) is 9.16 Å². The van der Waals surface area contributed by atoms with Gasteiger partial charge in [0.25, 0.3) is 5.91 Å². The molecular formula is C29H43N3O4Si. The third-order valence-corrected chi connectivity index (χ3v) is 12.1. The molecule has 1 amide bonds. The first kappa shape index (κ1) is 28.9. The highest BCUT2D eigenvalue weighted by Crippen LogP contribution is 2.38. The zero-order chi connectivity index (χ0) is 27.5. The number of pyridine rings is 1. The molecule has 0 atom stereocenters. The quantitative estimate of drug-likeness (QED) is 0.332. The summed E-state index contributed by atoms with van der Waals surface area (Å²) in [4.78, 5) is 32.4. The number of hydrogen-bond donors (Lipinski definition) is 1. The van der Waals surface area contributed by atoms with Crippen molar-refractivity contribution >= 4 is 31.7 Å². The molecule has 0 spiro atoms. The van der Waals surface area contributed by atoms with E-state index in [2.05, 4.69) is 44.1 Å². The molecule has 2 aromatic rings. The lowest BCUT2D eigenvalue weighted by Gasteiger charge is -2.42. The fraction of sp³-hybridized carbons (Fsp3) is 0.552. The molecule has 0 saturated carbocycles. The normalized spacial score (nSPS) is 15.0. The van der Waals surface area contributed by atoms with Crippen LogP contribution in [0.1, 0.15) is 78.1 Å². The molecule has 0 unspecified atom stereocenters. The van der Waals surface area contributed by atoms with E-state index in [1.54, 1.807) is 19.1 Å². The van der Waals surface area contributed by atoms with Gasteiger partial charge >= 0.3 is 5.97 Å². The zero-order valence-corrected chi connectivity index (χ0v) is 24.9. The second kappa shape index (κ2) is 11.4. The second-order valence-electron chi connectivity index (χ2n) is 11.6. The van der Waals surface area contributed by atoms with Gasteiger partial charge in [-0.15, -0.1) is 0 Å². The number of carbonyl (C=O) groups is 2. The maximum atomic E-state index is 13.3. The lowest BCUT2D eigenvalue weighted by Crippen LogP contribution is -2.47. The third kappa shape index (κ3) is 6.79. The van der Waals surface area contributed by atoms with Crippen LogP contribution >= 0.6 is 0 Å². The topological polar surface area (TPSA) is 80.8 Å². The number of rotatable bonds is 7. The molecule has 1 aliphatic heterocycles. The SMILES string of the molecule is CCOC(=O)c1cc(C)c(NC(=O)c2nc(N3CCC(O[Si](C)(C)C(C)(C)C)CC3)ccc2C)c(C)c1. The van der Waals surface area contributed by atoms with Gasteiger partial charge in [-0.05, 0) is 93.6 Å². The van der Waals surface area contributed by atoms with E-state index in [4.69, 9.17) is 14.1 Å². The smallest absolute Gasteiger partial charge is 0.338 e. The lowest BCUT2D eigenvalue weighted by molar-refractivity contribution is 0.0526. The van der Waals surface area contributed by atoms with Crippen molar-refractivity contribution in [3.8, 4) is 0 Å². The maximum Gasteiger partial charge on any atom is 0.338 e. The summed E-state index contributed by atoms with van der Waals surface area (Å²) >= 11 is 0. The first-order chi connectivity index (χ1) is 17.2. The Hall–Kier alpha value is -2.71. The summed E-state index contributed by atoms with van der Waals surface area (Å²) in [5.41, 5.74) is 3.99. The number of ether oxygens (including phenoxy) is 1. The van der Waals surface area contributed by atoms with Crippen molar-refractivity contribution in [1.29, 1.82) is 0 Å². The van der Waals surface area contributed by atoms with Gasteiger partial charge in [-0.1, -0.05) is 26.8 Å². The third-order valence-electron chi connectivity index (χ3n) is 7.61. The van der Waals surface area contributed by atoms with E-state index in [0.717, 1.165) is 48.4 Å². The van der Waals surface area contributed by atoms with E-state index in [1.165, 1.54) is 0 Å². The summed E-state index contributed by atoms with van der Waals surface area (Å²) in [6.45, 7) is 20.9. The Kier molecular flexibility index (Phi) is 8.85. The number of anilines is 2. The van der Waals surface area contributed by atoms with E-state index in [1.807, 2.05) is 32.9 Å². The van der Waals surface area contributed by atoms with Crippen LogP contribution in [0.5, 0.6) is 0 Å². The average molecular weight is 526 g/mol. The standard InChI is InChI=1S/C29H43N3O4Si/c1-10-35-28(34)22-17-20(3)25(21(4)18-22)31-27(33)26-19(2)11-12-24(30-26)32-15-13-23(14-16-32)36-37(8,9)29(5,6)7/h11-12,17-18,23H,10,13-16H2,1-9H3,(H,31,33). The number of amides is 1. The number of nitrogens with one attached hydrogen (secondary N) is 1. The number of hydrogen-bond acceptors (Lipinski definition) is 6. The van der Waals surface area contributed by atoms with Crippen molar-refractivity contribution in [1.82, 2.24) is 4.98 Å². The number of carbonyl (C=O) groups excluding carboxylic acids is 2. The highest BCUT2D eigenvalue weighted by molar-refractivity contribution is 6.74. The first-order valence-corrected chi connectivity index (χ1v) is 16.1. The molecule has 1 fully saturated rings. The Morgan fingerprint density at radius 3 is 2.19 bits per heavy atom. The van der Waals surface area contributed by atoms with Crippen LogP contribution < -0.4 is 10.2 Å². The molecule has 202 valence electrons. The molecule has 1 aromatic carbocycles. The number of nitrogens with zero attached hydrogens (tertiary/aromatic N) is 2. The minimum absolute atomic E-state index is 0.195. The molecule has 0 radical (unpaired) electrons. The second-order valence-corrected chi connectivity index (χ2v) is 16.3. The Labute approximate surface area is 223 Å². The summed E-state index contributed by atoms with van der Waals surface area (Å²) in [5.74, 6) is 0.188. The highest BCUT2D eigenvalue weighted by Gasteiger charge is 2.39. The molecule has 3 rings (SSSR count). The predicted molar refractivity (Wildman–Crippen MR) is 152 cm³/mol. The molecule has 7 nitrogen and oxygen atoms in total. The van der Waals surface area contributed by atoms with E-state index in [9.17, 15) is 9.59 Å². The number of aromatic nitrogens is 1. The van der Waals surface area contributed by atoms with Crippen LogP contribution in [0.15, 0.2) is 24.3 Å². The van der Waals surface area contributed by atoms with Crippen LogP contribution in [0, 0.1) is 20.8 Å². The molecule has 1 aromatic heterocycles. The Bertz CT molecular complexity index is 1130. The van der Waals surface area contributed by atoms with Gasteiger partial charge in [-0.2, -0.15) is 0 Å². The van der Waals surface area contributed by atoms with Crippen LogP contribution in [0.2, 0.25) is 18.1 Å². The van der Waals surface area contributed by atoms with Gasteiger partial charge in [0.05, 0.1) is 12.2 Å². The highest BCUT2D eigenvalue weighted by atomic mass is 28.4. The molecule has 0 aliphatic carbocycles. The van der Waals surface area contributed by atoms with Crippen molar-refractivity contribution in [2.45, 2.75) is 85.5 Å². The van der Waals surface area contributed by atoms with Crippen LogP contribution in [0.25, 0.3) is 0 Å². The Morgan fingerprint density at radius 2 is 1.65 bits per heavy atom. The van der Waals surface area contributed by atoms with Gasteiger partial charge in [-0.25, -0.2) is 9.78 Å². The van der Waals surface area contributed by atoms with Gasteiger partial charge in [0.15, 0.2) is 8.32 Å². The van der Waals surface area contributed by atoms with Crippen LogP contribution in [-0.4, -0.2) is 51.0 Å². The van der Waals surface area contributed by atoms with Crippen LogP contribution in [0.4, 0.5) is 11.5 Å². The van der Waals surface area contributed by atoms with Crippen molar-refractivity contribution in [2.24, 2.45) is 0 Å². The fourth-order valence-electron chi connectivity index (χ4n) is 4.39. The van der Waals surface area contributed by atoms with Crippen molar-refractivity contribution in [2.75, 3.05) is 29.9 Å². The van der Waals surface area contributed by atoms with Gasteiger partial charge < -0.3 is 19.4 Å². The number of esters is 1. The van der Waals surface area contributed by atoms with Gasteiger partial charge in [0.1, 0.15) is 11.5 Å². The first-order valence-electron chi connectivity index (χ1n) is 13.2. The largest absolute Gasteiger partial charge is 0.462 e. The molecule has 1 N–H and O–H groups in total. The molecular weight excluding hydrogens is 482 g/mol. The summed E-state index contributed by atoms with van der Waals surface area (Å²) in [5, 5.41) is 3.22. The van der Waals surface area contributed by atoms with Crippen molar-refractivity contribution in [3.63, 3.8) is 0 Å². The molecule has 0 bridgehead atoms. The van der Waals surface area contributed by atoms with Gasteiger partial charge in [0, 0.05) is 24.9 Å². The van der Waals surface area contributed by atoms with Gasteiger partial charge in [0.2, 0.25) is 0 Å². The lowest BCUT2D eigenvalue weighted by atomic mass is 10.0. The summed E-state index contributed by atoms with van der Waals surface area (Å²) in [6, 6.07) is 7.44. The minimum atomic E-state index is -1.80. The zero-order valence-electron chi connectivity index (χ0n) is 23.9. The molecule has 8 heteroatoms. The molecule has 37 heavy (non-hydrogen) atoms. The van der Waals surface area contributed by atoms with E-state index >= 15 is 0 Å². The van der Waals surface area contributed by atoms with E-state index in [0.29, 0.717) is 23.6 Å². The summed E-state index contributed by atoms with van der Waals surface area (Å²) in [6.07, 6.45) is 2.18. The van der Waals surface area contributed by atoms with Crippen molar-refractivity contribution < 1.29 is 18.8 Å². The summed E-state index contributed by atoms with van der Waals surface area (Å²) in [7, 11) is -1.80. The average Bonchev–Trinajstić information content (AvgIpc) is 2.81. The molecule has 1 aliphatic rings. The minimum Gasteiger partial charge on any atom is -0.462 e. The Morgan fingerprint density at radius 1 is 1.05 bits per heavy atom. The number of piperidine rings is 1. The number of aryl methyl sites for hydroxylation is 3. The van der Waals surface area contributed by atoms with Crippen molar-refractivity contribution in [3.05, 3.63) is 52.2 Å². The maximum absolute atomic E-state index is 13.3.